The molecule has 1 aromatic heterocycles. The maximum Gasteiger partial charge on any atom is 0.0595 e. The fourth-order valence-electron chi connectivity index (χ4n) is 2.77. The van der Waals surface area contributed by atoms with Gasteiger partial charge in [-0.3, -0.25) is 4.98 Å². The lowest BCUT2D eigenvalue weighted by Crippen LogP contribution is -2.37. The number of hydrogen-bond donors (Lipinski definition) is 1. The molecule has 0 amide bonds. The molecule has 3 rings (SSSR count). The summed E-state index contributed by atoms with van der Waals surface area (Å²) in [6, 6.07) is 2.65. The van der Waals surface area contributed by atoms with Crippen molar-refractivity contribution in [3.8, 4) is 0 Å². The zero-order chi connectivity index (χ0) is 11.0. The van der Waals surface area contributed by atoms with Gasteiger partial charge >= 0.3 is 0 Å². The normalized spacial score (nSPS) is 28.7. The van der Waals surface area contributed by atoms with Gasteiger partial charge in [0.25, 0.3) is 0 Å². The predicted molar refractivity (Wildman–Crippen MR) is 66.4 cm³/mol. The number of nitrogens with zero attached hydrogens (tertiary/aromatic N) is 1. The van der Waals surface area contributed by atoms with E-state index in [0.717, 1.165) is 18.0 Å². The molecule has 1 aliphatic heterocycles. The molecule has 0 saturated carbocycles. The molecule has 1 aromatic rings. The lowest BCUT2D eigenvalue weighted by Gasteiger charge is -2.25. The molecule has 0 spiro atoms. The largest absolute Gasteiger partial charge is 0.313 e. The SMILES string of the molecule is Clc1cncc(C2=C[C@@H]3CCCN[C@@H]3C2)c1. The van der Waals surface area contributed by atoms with E-state index in [2.05, 4.69) is 16.4 Å². The van der Waals surface area contributed by atoms with E-state index in [1.807, 2.05) is 12.3 Å². The molecule has 84 valence electrons. The van der Waals surface area contributed by atoms with Crippen molar-refractivity contribution in [1.82, 2.24) is 10.3 Å². The molecule has 1 N–H and O–H groups in total. The maximum atomic E-state index is 5.97. The van der Waals surface area contributed by atoms with Gasteiger partial charge in [-0.25, -0.2) is 0 Å². The van der Waals surface area contributed by atoms with Crippen LogP contribution in [0.1, 0.15) is 24.8 Å². The van der Waals surface area contributed by atoms with E-state index in [9.17, 15) is 0 Å². The van der Waals surface area contributed by atoms with Crippen molar-refractivity contribution in [1.29, 1.82) is 0 Å². The molecule has 1 fully saturated rings. The number of aromatic nitrogens is 1. The molecule has 0 unspecified atom stereocenters. The van der Waals surface area contributed by atoms with Crippen LogP contribution in [0.3, 0.4) is 0 Å². The van der Waals surface area contributed by atoms with Gasteiger partial charge in [0.15, 0.2) is 0 Å². The second-order valence-corrected chi connectivity index (χ2v) is 5.09. The molecule has 1 saturated heterocycles. The molecule has 16 heavy (non-hydrogen) atoms. The first-order valence-electron chi connectivity index (χ1n) is 5.88. The first kappa shape index (κ1) is 10.3. The van der Waals surface area contributed by atoms with Crippen LogP contribution in [0, 0.1) is 5.92 Å². The number of nitrogens with one attached hydrogen (secondary N) is 1. The Kier molecular flexibility index (Phi) is 2.70. The third-order valence-electron chi connectivity index (χ3n) is 3.57. The van der Waals surface area contributed by atoms with E-state index in [-0.39, 0.29) is 0 Å². The van der Waals surface area contributed by atoms with Gasteiger partial charge < -0.3 is 5.32 Å². The number of hydrogen-bond acceptors (Lipinski definition) is 2. The highest BCUT2D eigenvalue weighted by molar-refractivity contribution is 6.30. The second kappa shape index (κ2) is 4.19. The lowest BCUT2D eigenvalue weighted by atomic mass is 9.94. The minimum Gasteiger partial charge on any atom is -0.313 e. The molecular weight excluding hydrogens is 220 g/mol. The Morgan fingerprint density at radius 2 is 2.31 bits per heavy atom. The minimum atomic E-state index is 0.641. The number of rotatable bonds is 1. The van der Waals surface area contributed by atoms with Crippen molar-refractivity contribution in [2.24, 2.45) is 5.92 Å². The highest BCUT2D eigenvalue weighted by Crippen LogP contribution is 2.36. The van der Waals surface area contributed by atoms with Crippen LogP contribution in [0.4, 0.5) is 0 Å². The van der Waals surface area contributed by atoms with Gasteiger partial charge in [-0.2, -0.15) is 0 Å². The zero-order valence-electron chi connectivity index (χ0n) is 9.12. The van der Waals surface area contributed by atoms with Gasteiger partial charge in [-0.05, 0) is 48.9 Å². The van der Waals surface area contributed by atoms with Gasteiger partial charge in [0.2, 0.25) is 0 Å². The Bertz CT molecular complexity index is 428. The van der Waals surface area contributed by atoms with E-state index in [0.29, 0.717) is 12.0 Å². The fraction of sp³-hybridized carbons (Fsp3) is 0.462. The Morgan fingerprint density at radius 3 is 3.12 bits per heavy atom. The summed E-state index contributed by atoms with van der Waals surface area (Å²) in [6.07, 6.45) is 9.73. The van der Waals surface area contributed by atoms with Crippen LogP contribution < -0.4 is 5.32 Å². The van der Waals surface area contributed by atoms with Crippen LogP contribution in [0.15, 0.2) is 24.5 Å². The zero-order valence-corrected chi connectivity index (χ0v) is 9.87. The Balaban J connectivity index is 1.86. The predicted octanol–water partition coefficient (Wildman–Crippen LogP) is 2.89. The van der Waals surface area contributed by atoms with Crippen LogP contribution in [0.25, 0.3) is 5.57 Å². The summed E-state index contributed by atoms with van der Waals surface area (Å²) < 4.78 is 0. The fourth-order valence-corrected chi connectivity index (χ4v) is 2.94. The Labute approximate surface area is 101 Å². The van der Waals surface area contributed by atoms with Crippen molar-refractivity contribution in [3.63, 3.8) is 0 Å². The summed E-state index contributed by atoms with van der Waals surface area (Å²) in [6.45, 7) is 1.16. The number of piperidine rings is 1. The van der Waals surface area contributed by atoms with E-state index in [1.165, 1.54) is 24.0 Å². The van der Waals surface area contributed by atoms with Gasteiger partial charge in [0.1, 0.15) is 0 Å². The van der Waals surface area contributed by atoms with Crippen LogP contribution in [-0.4, -0.2) is 17.6 Å². The van der Waals surface area contributed by atoms with Crippen molar-refractivity contribution < 1.29 is 0 Å². The monoisotopic (exact) mass is 234 g/mol. The lowest BCUT2D eigenvalue weighted by molar-refractivity contribution is 0.348. The van der Waals surface area contributed by atoms with Crippen LogP contribution >= 0.6 is 11.6 Å². The molecule has 2 aliphatic rings. The minimum absolute atomic E-state index is 0.641. The van der Waals surface area contributed by atoms with E-state index in [1.54, 1.807) is 6.20 Å². The highest BCUT2D eigenvalue weighted by Gasteiger charge is 2.29. The second-order valence-electron chi connectivity index (χ2n) is 4.65. The number of halogens is 1. The van der Waals surface area contributed by atoms with Crippen LogP contribution in [0.2, 0.25) is 5.02 Å². The summed E-state index contributed by atoms with van der Waals surface area (Å²) in [4.78, 5) is 4.15. The summed E-state index contributed by atoms with van der Waals surface area (Å²) in [5.74, 6) is 0.711. The summed E-state index contributed by atoms with van der Waals surface area (Å²) in [5, 5.41) is 4.31. The standard InChI is InChI=1S/C13H15ClN2/c14-12-5-11(7-15-8-12)10-4-9-2-1-3-16-13(9)6-10/h4-5,7-9,13,16H,1-3,6H2/t9-,13+/m0/s1. The van der Waals surface area contributed by atoms with Crippen molar-refractivity contribution in [3.05, 3.63) is 35.1 Å². The van der Waals surface area contributed by atoms with Crippen molar-refractivity contribution >= 4 is 17.2 Å². The van der Waals surface area contributed by atoms with Crippen molar-refractivity contribution in [2.75, 3.05) is 6.54 Å². The molecule has 2 nitrogen and oxygen atoms in total. The van der Waals surface area contributed by atoms with Crippen LogP contribution in [-0.2, 0) is 0 Å². The number of fused-ring (bicyclic) bond motifs is 1. The summed E-state index contributed by atoms with van der Waals surface area (Å²) in [5.41, 5.74) is 2.59. The highest BCUT2D eigenvalue weighted by atomic mass is 35.5. The molecular formula is C13H15ClN2. The van der Waals surface area contributed by atoms with E-state index in [4.69, 9.17) is 11.6 Å². The molecule has 2 heterocycles. The van der Waals surface area contributed by atoms with Gasteiger partial charge in [-0.15, -0.1) is 0 Å². The third-order valence-corrected chi connectivity index (χ3v) is 3.78. The van der Waals surface area contributed by atoms with Gasteiger partial charge in [0, 0.05) is 18.4 Å². The smallest absolute Gasteiger partial charge is 0.0595 e. The average molecular weight is 235 g/mol. The topological polar surface area (TPSA) is 24.9 Å². The molecule has 0 radical (unpaired) electrons. The third kappa shape index (κ3) is 1.87. The van der Waals surface area contributed by atoms with Gasteiger partial charge in [-0.1, -0.05) is 17.7 Å². The average Bonchev–Trinajstić information content (AvgIpc) is 2.72. The van der Waals surface area contributed by atoms with E-state index < -0.39 is 0 Å². The quantitative estimate of drug-likeness (QED) is 0.808. The Morgan fingerprint density at radius 1 is 1.38 bits per heavy atom. The molecule has 0 bridgehead atoms. The molecule has 2 atom stereocenters. The first-order valence-corrected chi connectivity index (χ1v) is 6.26. The van der Waals surface area contributed by atoms with Crippen LogP contribution in [0.5, 0.6) is 0 Å². The van der Waals surface area contributed by atoms with E-state index >= 15 is 0 Å². The van der Waals surface area contributed by atoms with Crippen molar-refractivity contribution in [2.45, 2.75) is 25.3 Å². The maximum absolute atomic E-state index is 5.97. The first-order chi connectivity index (χ1) is 7.83. The molecule has 1 aliphatic carbocycles. The summed E-state index contributed by atoms with van der Waals surface area (Å²) in [7, 11) is 0. The molecule has 0 aromatic carbocycles. The number of pyridine rings is 1. The molecule has 3 heteroatoms. The summed E-state index contributed by atoms with van der Waals surface area (Å²) >= 11 is 5.97. The van der Waals surface area contributed by atoms with Gasteiger partial charge in [0.05, 0.1) is 5.02 Å². The Hall–Kier alpha value is -0.860.